The van der Waals surface area contributed by atoms with Gasteiger partial charge in [0.2, 0.25) is 11.8 Å². The molecule has 9 nitrogen and oxygen atoms in total. The zero-order chi connectivity index (χ0) is 25.0. The maximum absolute atomic E-state index is 6.15. The molecule has 2 aliphatic rings. The first-order valence-corrected chi connectivity index (χ1v) is 12.9. The predicted molar refractivity (Wildman–Crippen MR) is 145 cm³/mol. The molecule has 188 valence electrons. The van der Waals surface area contributed by atoms with E-state index in [2.05, 4.69) is 40.7 Å². The molecule has 2 N–H and O–H groups in total. The number of aromatic nitrogens is 5. The lowest BCUT2D eigenvalue weighted by Gasteiger charge is -2.29. The molecule has 0 spiro atoms. The standard InChI is InChI=1S/C28H30N8O/c1-29-28-31-16-14-24(33-28)23-9-6-15-30-27(23)37-20-12-10-19(11-13-20)32-25-21-7-5-8-22(21)26(35-34-25)36-17-3-2-4-18-36/h6,9-16H,2-5,7-8,17-18H2,1H3,(H,32,34)(H,29,31,33). The quantitative estimate of drug-likeness (QED) is 0.350. The van der Waals surface area contributed by atoms with Gasteiger partial charge in [-0.1, -0.05) is 0 Å². The van der Waals surface area contributed by atoms with E-state index in [-0.39, 0.29) is 0 Å². The van der Waals surface area contributed by atoms with Crippen LogP contribution < -0.4 is 20.3 Å². The Kier molecular flexibility index (Phi) is 6.49. The minimum atomic E-state index is 0.487. The van der Waals surface area contributed by atoms with Crippen molar-refractivity contribution in [3.63, 3.8) is 0 Å². The summed E-state index contributed by atoms with van der Waals surface area (Å²) in [7, 11) is 1.79. The van der Waals surface area contributed by atoms with E-state index < -0.39 is 0 Å². The Labute approximate surface area is 216 Å². The molecular weight excluding hydrogens is 464 g/mol. The third-order valence-corrected chi connectivity index (χ3v) is 6.93. The van der Waals surface area contributed by atoms with E-state index in [9.17, 15) is 0 Å². The largest absolute Gasteiger partial charge is 0.438 e. The number of hydrogen-bond donors (Lipinski definition) is 2. The number of ether oxygens (including phenoxy) is 1. The number of pyridine rings is 1. The van der Waals surface area contributed by atoms with Crippen LogP contribution >= 0.6 is 0 Å². The molecule has 6 rings (SSSR count). The average molecular weight is 495 g/mol. The molecule has 0 atom stereocenters. The molecule has 1 aliphatic carbocycles. The Morgan fingerprint density at radius 2 is 1.68 bits per heavy atom. The van der Waals surface area contributed by atoms with Gasteiger partial charge in [0.05, 0.1) is 11.3 Å². The highest BCUT2D eigenvalue weighted by Gasteiger charge is 2.25. The van der Waals surface area contributed by atoms with Gasteiger partial charge < -0.3 is 20.3 Å². The summed E-state index contributed by atoms with van der Waals surface area (Å²) in [6.45, 7) is 2.17. The molecule has 1 aliphatic heterocycles. The minimum Gasteiger partial charge on any atom is -0.438 e. The first-order chi connectivity index (χ1) is 18.3. The van der Waals surface area contributed by atoms with Gasteiger partial charge in [-0.15, -0.1) is 10.2 Å². The number of anilines is 4. The number of fused-ring (bicyclic) bond motifs is 1. The molecule has 0 amide bonds. The number of nitrogens with one attached hydrogen (secondary N) is 2. The third-order valence-electron chi connectivity index (χ3n) is 6.93. The second-order valence-electron chi connectivity index (χ2n) is 9.35. The van der Waals surface area contributed by atoms with E-state index in [4.69, 9.17) is 4.74 Å². The first kappa shape index (κ1) is 23.1. The van der Waals surface area contributed by atoms with Gasteiger partial charge >= 0.3 is 0 Å². The monoisotopic (exact) mass is 494 g/mol. The molecule has 1 fully saturated rings. The number of piperidine rings is 1. The zero-order valence-electron chi connectivity index (χ0n) is 20.9. The van der Waals surface area contributed by atoms with Crippen LogP contribution in [0.5, 0.6) is 11.6 Å². The molecule has 0 radical (unpaired) electrons. The van der Waals surface area contributed by atoms with Gasteiger partial charge in [-0.3, -0.25) is 0 Å². The maximum atomic E-state index is 6.15. The molecule has 0 unspecified atom stereocenters. The highest BCUT2D eigenvalue weighted by atomic mass is 16.5. The number of benzene rings is 1. The third kappa shape index (κ3) is 4.89. The highest BCUT2D eigenvalue weighted by Crippen LogP contribution is 2.36. The number of rotatable bonds is 7. The topological polar surface area (TPSA) is 101 Å². The lowest BCUT2D eigenvalue weighted by Crippen LogP contribution is -2.31. The van der Waals surface area contributed by atoms with Crippen molar-refractivity contribution in [3.05, 3.63) is 66.0 Å². The van der Waals surface area contributed by atoms with Crippen molar-refractivity contribution in [1.29, 1.82) is 0 Å². The van der Waals surface area contributed by atoms with Crippen LogP contribution in [0.3, 0.4) is 0 Å². The summed E-state index contributed by atoms with van der Waals surface area (Å²) >= 11 is 0. The highest BCUT2D eigenvalue weighted by molar-refractivity contribution is 5.67. The first-order valence-electron chi connectivity index (χ1n) is 12.9. The van der Waals surface area contributed by atoms with Crippen LogP contribution in [0, 0.1) is 0 Å². The van der Waals surface area contributed by atoms with E-state index >= 15 is 0 Å². The summed E-state index contributed by atoms with van der Waals surface area (Å²) in [5.74, 6) is 3.67. The Hall–Kier alpha value is -4.27. The smallest absolute Gasteiger partial charge is 0.228 e. The second kappa shape index (κ2) is 10.4. The van der Waals surface area contributed by atoms with Crippen LogP contribution in [-0.2, 0) is 12.8 Å². The Morgan fingerprint density at radius 3 is 2.51 bits per heavy atom. The minimum absolute atomic E-state index is 0.487. The van der Waals surface area contributed by atoms with Crippen molar-refractivity contribution in [2.75, 3.05) is 35.7 Å². The van der Waals surface area contributed by atoms with E-state index in [0.29, 0.717) is 17.6 Å². The van der Waals surface area contributed by atoms with E-state index in [1.807, 2.05) is 42.5 Å². The number of nitrogens with zero attached hydrogens (tertiary/aromatic N) is 6. The Morgan fingerprint density at radius 1 is 0.838 bits per heavy atom. The van der Waals surface area contributed by atoms with Gasteiger partial charge in [0.15, 0.2) is 11.6 Å². The van der Waals surface area contributed by atoms with Crippen LogP contribution in [0.1, 0.15) is 36.8 Å². The fraction of sp³-hybridized carbons (Fsp3) is 0.321. The summed E-state index contributed by atoms with van der Waals surface area (Å²) in [4.78, 5) is 15.6. The molecule has 9 heteroatoms. The lowest BCUT2D eigenvalue weighted by atomic mass is 10.1. The van der Waals surface area contributed by atoms with Gasteiger partial charge in [0, 0.05) is 49.3 Å². The molecule has 4 heterocycles. The van der Waals surface area contributed by atoms with Gasteiger partial charge in [-0.25, -0.2) is 15.0 Å². The molecule has 0 bridgehead atoms. The predicted octanol–water partition coefficient (Wildman–Crippen LogP) is 5.39. The number of hydrogen-bond acceptors (Lipinski definition) is 9. The average Bonchev–Trinajstić information content (AvgIpc) is 3.46. The van der Waals surface area contributed by atoms with Crippen LogP contribution in [0.15, 0.2) is 54.9 Å². The SMILES string of the molecule is CNc1nccc(-c2cccnc2Oc2ccc(Nc3nnc(N4CCCCC4)c4c3CCC4)cc2)n1. The van der Waals surface area contributed by atoms with Crippen LogP contribution in [0.2, 0.25) is 0 Å². The molecule has 4 aromatic rings. The van der Waals surface area contributed by atoms with Crippen molar-refractivity contribution < 1.29 is 4.74 Å². The Balaban J connectivity index is 1.19. The van der Waals surface area contributed by atoms with Gasteiger partial charge in [-0.2, -0.15) is 0 Å². The van der Waals surface area contributed by atoms with Crippen LogP contribution in [0.4, 0.5) is 23.3 Å². The normalized spacial score (nSPS) is 14.8. The summed E-state index contributed by atoms with van der Waals surface area (Å²) in [6.07, 6.45) is 10.5. The van der Waals surface area contributed by atoms with Crippen LogP contribution in [-0.4, -0.2) is 45.3 Å². The molecule has 37 heavy (non-hydrogen) atoms. The molecule has 3 aromatic heterocycles. The van der Waals surface area contributed by atoms with Gasteiger partial charge in [-0.05, 0) is 81.0 Å². The van der Waals surface area contributed by atoms with E-state index in [1.165, 1.54) is 30.4 Å². The van der Waals surface area contributed by atoms with Gasteiger partial charge in [0.25, 0.3) is 0 Å². The Bertz CT molecular complexity index is 1390. The lowest BCUT2D eigenvalue weighted by molar-refractivity contribution is 0.465. The molecule has 0 saturated carbocycles. The second-order valence-corrected chi connectivity index (χ2v) is 9.35. The van der Waals surface area contributed by atoms with Crippen molar-refractivity contribution in [1.82, 2.24) is 25.1 Å². The summed E-state index contributed by atoms with van der Waals surface area (Å²) in [5, 5.41) is 15.7. The van der Waals surface area contributed by atoms with Crippen molar-refractivity contribution in [2.45, 2.75) is 38.5 Å². The molecule has 1 saturated heterocycles. The maximum Gasteiger partial charge on any atom is 0.228 e. The van der Waals surface area contributed by atoms with Gasteiger partial charge in [0.1, 0.15) is 5.75 Å². The zero-order valence-corrected chi connectivity index (χ0v) is 20.9. The van der Waals surface area contributed by atoms with Crippen molar-refractivity contribution in [2.24, 2.45) is 0 Å². The summed E-state index contributed by atoms with van der Waals surface area (Å²) in [5.41, 5.74) is 5.15. The van der Waals surface area contributed by atoms with Crippen molar-refractivity contribution in [3.8, 4) is 22.9 Å². The summed E-state index contributed by atoms with van der Waals surface area (Å²) < 4.78 is 6.15. The fourth-order valence-corrected chi connectivity index (χ4v) is 5.08. The molecule has 1 aromatic carbocycles. The van der Waals surface area contributed by atoms with Crippen molar-refractivity contribution >= 4 is 23.3 Å². The van der Waals surface area contributed by atoms with E-state index in [1.54, 1.807) is 19.4 Å². The van der Waals surface area contributed by atoms with Crippen LogP contribution in [0.25, 0.3) is 11.3 Å². The summed E-state index contributed by atoms with van der Waals surface area (Å²) in [6, 6.07) is 13.5. The van der Waals surface area contributed by atoms with E-state index in [0.717, 1.165) is 60.9 Å². The molecular formula is C28H30N8O. The fourth-order valence-electron chi connectivity index (χ4n) is 5.08.